The molecule has 0 fully saturated rings. The van der Waals surface area contributed by atoms with Crippen molar-refractivity contribution in [1.29, 1.82) is 0 Å². The van der Waals surface area contributed by atoms with Gasteiger partial charge in [0.2, 0.25) is 0 Å². The van der Waals surface area contributed by atoms with Crippen LogP contribution in [-0.2, 0) is 6.42 Å². The highest BCUT2D eigenvalue weighted by Crippen LogP contribution is 2.43. The molecule has 0 bridgehead atoms. The molecule has 0 amide bonds. The number of aromatic nitrogens is 3. The third-order valence-electron chi connectivity index (χ3n) is 11.7. The van der Waals surface area contributed by atoms with Crippen LogP contribution in [0, 0.1) is 0 Å². The first-order valence-electron chi connectivity index (χ1n) is 20.8. The van der Waals surface area contributed by atoms with Crippen molar-refractivity contribution >= 4 is 22.6 Å². The number of benzene rings is 8. The predicted molar refractivity (Wildman–Crippen MR) is 250 cm³/mol. The molecule has 61 heavy (non-hydrogen) atoms. The number of furan rings is 1. The summed E-state index contributed by atoms with van der Waals surface area (Å²) in [5.74, 6) is 2.85. The van der Waals surface area contributed by atoms with Gasteiger partial charge >= 0.3 is 0 Å². The quantitative estimate of drug-likeness (QED) is 0.154. The molecule has 2 aromatic heterocycles. The highest BCUT2D eigenvalue weighted by Gasteiger charge is 2.24. The standard InChI is InChI=1S/C57H39N3O/c1-5-16-38(17-6-1)44-24-13-25-46(36-44)56-58-55(43-22-11-4-12-23-43)59-57(60-56)49-28-15-29-52-54(49)50-37-45(34-35-51(50)61-52)39-30-32-41(33-31-39)48-27-14-26-47(40-18-7-2-8-19-40)53(48)42-20-9-3-10-21-42/h1-33,36-37H,34-35H2. The van der Waals surface area contributed by atoms with Gasteiger partial charge in [-0.3, -0.25) is 0 Å². The second-order valence-corrected chi connectivity index (χ2v) is 15.4. The normalized spacial score (nSPS) is 12.2. The van der Waals surface area contributed by atoms with Gasteiger partial charge in [-0.1, -0.05) is 194 Å². The Hall–Kier alpha value is -7.95. The van der Waals surface area contributed by atoms with Crippen molar-refractivity contribution in [2.45, 2.75) is 12.8 Å². The Bertz CT molecular complexity index is 3210. The zero-order valence-electron chi connectivity index (χ0n) is 33.4. The van der Waals surface area contributed by atoms with Gasteiger partial charge in [-0.2, -0.15) is 0 Å². The summed E-state index contributed by atoms with van der Waals surface area (Å²) in [5.41, 5.74) is 16.7. The Labute approximate surface area is 355 Å². The minimum Gasteiger partial charge on any atom is -0.460 e. The molecule has 0 spiro atoms. The molecule has 1 aliphatic carbocycles. The van der Waals surface area contributed by atoms with Crippen LogP contribution in [0.4, 0.5) is 0 Å². The summed E-state index contributed by atoms with van der Waals surface area (Å²) in [5, 5.41) is 1.02. The zero-order chi connectivity index (χ0) is 40.5. The van der Waals surface area contributed by atoms with Crippen molar-refractivity contribution < 1.29 is 4.42 Å². The molecule has 0 saturated heterocycles. The van der Waals surface area contributed by atoms with Crippen molar-refractivity contribution in [3.05, 3.63) is 223 Å². The Balaban J connectivity index is 0.999. The fourth-order valence-electron chi connectivity index (χ4n) is 8.71. The smallest absolute Gasteiger partial charge is 0.164 e. The van der Waals surface area contributed by atoms with E-state index >= 15 is 0 Å². The molecule has 11 rings (SSSR count). The minimum atomic E-state index is 0.611. The van der Waals surface area contributed by atoms with Crippen LogP contribution in [0.3, 0.4) is 0 Å². The first kappa shape index (κ1) is 36.2. The summed E-state index contributed by atoms with van der Waals surface area (Å²) in [7, 11) is 0. The van der Waals surface area contributed by atoms with E-state index in [1.807, 2.05) is 42.5 Å². The van der Waals surface area contributed by atoms with Gasteiger partial charge < -0.3 is 4.42 Å². The number of aryl methyl sites for hydroxylation is 1. The van der Waals surface area contributed by atoms with E-state index in [1.165, 1.54) is 44.5 Å². The molecule has 2 heterocycles. The van der Waals surface area contributed by atoms with Gasteiger partial charge in [0.25, 0.3) is 0 Å². The Morgan fingerprint density at radius 2 is 0.836 bits per heavy atom. The van der Waals surface area contributed by atoms with Crippen LogP contribution in [0.2, 0.25) is 0 Å². The monoisotopic (exact) mass is 781 g/mol. The molecule has 0 radical (unpaired) electrons. The van der Waals surface area contributed by atoms with Crippen molar-refractivity contribution in [3.8, 4) is 78.7 Å². The van der Waals surface area contributed by atoms with Crippen molar-refractivity contribution in [2.24, 2.45) is 0 Å². The summed E-state index contributed by atoms with van der Waals surface area (Å²) < 4.78 is 6.60. The van der Waals surface area contributed by atoms with E-state index in [9.17, 15) is 0 Å². The maximum absolute atomic E-state index is 6.60. The first-order chi connectivity index (χ1) is 30.2. The molecule has 1 aliphatic rings. The molecule has 4 heteroatoms. The van der Waals surface area contributed by atoms with E-state index in [0.717, 1.165) is 63.0 Å². The fraction of sp³-hybridized carbons (Fsp3) is 0.0351. The number of rotatable bonds is 8. The van der Waals surface area contributed by atoms with Crippen LogP contribution in [0.1, 0.15) is 23.3 Å². The van der Waals surface area contributed by atoms with Crippen LogP contribution in [-0.4, -0.2) is 15.0 Å². The lowest BCUT2D eigenvalue weighted by Gasteiger charge is -2.17. The van der Waals surface area contributed by atoms with Crippen molar-refractivity contribution in [2.75, 3.05) is 0 Å². The SMILES string of the molecule is C1=C(c2ccc(-c3cccc(-c4ccccc4)c3-c3ccccc3)cc2)CCc2oc3cccc(-c4nc(-c5ccccc5)nc(-c5cccc(-c6ccccc6)c5)n4)c3c21. The molecule has 0 atom stereocenters. The van der Waals surface area contributed by atoms with Crippen molar-refractivity contribution in [1.82, 2.24) is 15.0 Å². The largest absolute Gasteiger partial charge is 0.460 e. The molecule has 288 valence electrons. The van der Waals surface area contributed by atoms with E-state index in [4.69, 9.17) is 19.4 Å². The average molecular weight is 782 g/mol. The van der Waals surface area contributed by atoms with Crippen LogP contribution < -0.4 is 0 Å². The Morgan fingerprint density at radius 1 is 0.344 bits per heavy atom. The number of hydrogen-bond donors (Lipinski definition) is 0. The molecular formula is C57H39N3O. The molecule has 0 aliphatic heterocycles. The molecule has 0 unspecified atom stereocenters. The van der Waals surface area contributed by atoms with Crippen LogP contribution >= 0.6 is 0 Å². The van der Waals surface area contributed by atoms with E-state index in [2.05, 4.69) is 170 Å². The van der Waals surface area contributed by atoms with Gasteiger partial charge in [0.05, 0.1) is 0 Å². The van der Waals surface area contributed by atoms with Crippen LogP contribution in [0.5, 0.6) is 0 Å². The predicted octanol–water partition coefficient (Wildman–Crippen LogP) is 14.8. The number of allylic oxidation sites excluding steroid dienone is 1. The fourth-order valence-corrected chi connectivity index (χ4v) is 8.71. The van der Waals surface area contributed by atoms with Gasteiger partial charge in [0.1, 0.15) is 11.3 Å². The maximum Gasteiger partial charge on any atom is 0.164 e. The van der Waals surface area contributed by atoms with Gasteiger partial charge in [-0.15, -0.1) is 0 Å². The van der Waals surface area contributed by atoms with Gasteiger partial charge in [0.15, 0.2) is 17.5 Å². The van der Waals surface area contributed by atoms with E-state index < -0.39 is 0 Å². The zero-order valence-corrected chi connectivity index (χ0v) is 33.4. The Kier molecular flexibility index (Phi) is 9.29. The van der Waals surface area contributed by atoms with Crippen LogP contribution in [0.15, 0.2) is 211 Å². The first-order valence-corrected chi connectivity index (χ1v) is 20.8. The molecule has 0 saturated carbocycles. The third kappa shape index (κ3) is 6.94. The molecular weight excluding hydrogens is 743 g/mol. The second-order valence-electron chi connectivity index (χ2n) is 15.4. The lowest BCUT2D eigenvalue weighted by Crippen LogP contribution is -2.01. The third-order valence-corrected chi connectivity index (χ3v) is 11.7. The minimum absolute atomic E-state index is 0.611. The van der Waals surface area contributed by atoms with Gasteiger partial charge in [0, 0.05) is 34.1 Å². The molecule has 0 N–H and O–H groups in total. The molecule has 4 nitrogen and oxygen atoms in total. The van der Waals surface area contributed by atoms with Crippen LogP contribution in [0.25, 0.3) is 101 Å². The summed E-state index contributed by atoms with van der Waals surface area (Å²) in [6, 6.07) is 72.3. The van der Waals surface area contributed by atoms with Gasteiger partial charge in [-0.05, 0) is 80.3 Å². The second kappa shape index (κ2) is 15.7. The number of nitrogens with zero attached hydrogens (tertiary/aromatic N) is 3. The summed E-state index contributed by atoms with van der Waals surface area (Å²) in [6.45, 7) is 0. The van der Waals surface area contributed by atoms with E-state index in [1.54, 1.807) is 0 Å². The van der Waals surface area contributed by atoms with Crippen molar-refractivity contribution in [3.63, 3.8) is 0 Å². The highest BCUT2D eigenvalue weighted by molar-refractivity contribution is 6.03. The molecule has 10 aromatic rings. The maximum atomic E-state index is 6.60. The highest BCUT2D eigenvalue weighted by atomic mass is 16.3. The summed E-state index contributed by atoms with van der Waals surface area (Å²) in [4.78, 5) is 15.4. The average Bonchev–Trinajstić information content (AvgIpc) is 3.73. The lowest BCUT2D eigenvalue weighted by atomic mass is 9.86. The molecule has 8 aromatic carbocycles. The summed E-state index contributed by atoms with van der Waals surface area (Å²) >= 11 is 0. The summed E-state index contributed by atoms with van der Waals surface area (Å²) in [6.07, 6.45) is 4.00. The van der Waals surface area contributed by atoms with E-state index in [-0.39, 0.29) is 0 Å². The number of fused-ring (bicyclic) bond motifs is 3. The lowest BCUT2D eigenvalue weighted by molar-refractivity contribution is 0.548. The number of hydrogen-bond acceptors (Lipinski definition) is 4. The topological polar surface area (TPSA) is 51.8 Å². The van der Waals surface area contributed by atoms with E-state index in [0.29, 0.717) is 17.5 Å². The van der Waals surface area contributed by atoms with Gasteiger partial charge in [-0.25, -0.2) is 15.0 Å². The Morgan fingerprint density at radius 3 is 1.52 bits per heavy atom.